The van der Waals surface area contributed by atoms with E-state index >= 15 is 0 Å². The third-order valence-corrected chi connectivity index (χ3v) is 4.33. The maximum absolute atomic E-state index is 12.1. The number of ether oxygens (including phenoxy) is 1. The van der Waals surface area contributed by atoms with E-state index in [1.54, 1.807) is 18.2 Å². The minimum Gasteiger partial charge on any atom is -0.483 e. The topological polar surface area (TPSA) is 38.3 Å². The Morgan fingerprint density at radius 1 is 1.26 bits per heavy atom. The first-order chi connectivity index (χ1) is 11.0. The quantitative estimate of drug-likeness (QED) is 0.741. The number of nitrogens with one attached hydrogen (secondary N) is 1. The number of amides is 1. The van der Waals surface area contributed by atoms with Crippen molar-refractivity contribution in [1.82, 2.24) is 5.32 Å². The van der Waals surface area contributed by atoms with E-state index in [9.17, 15) is 4.79 Å². The summed E-state index contributed by atoms with van der Waals surface area (Å²) in [7, 11) is 0. The Morgan fingerprint density at radius 3 is 2.57 bits per heavy atom. The van der Waals surface area contributed by atoms with E-state index in [4.69, 9.17) is 16.3 Å². The van der Waals surface area contributed by atoms with Gasteiger partial charge in [-0.05, 0) is 53.0 Å². The fourth-order valence-corrected chi connectivity index (χ4v) is 2.99. The lowest BCUT2D eigenvalue weighted by Crippen LogP contribution is -2.32. The molecule has 0 aliphatic heterocycles. The van der Waals surface area contributed by atoms with Gasteiger partial charge >= 0.3 is 0 Å². The second kappa shape index (κ2) is 8.37. The molecule has 0 aromatic heterocycles. The van der Waals surface area contributed by atoms with Crippen molar-refractivity contribution in [3.05, 3.63) is 63.1 Å². The van der Waals surface area contributed by atoms with Gasteiger partial charge in [0.15, 0.2) is 6.61 Å². The molecule has 0 fully saturated rings. The largest absolute Gasteiger partial charge is 0.483 e. The molecule has 0 bridgehead atoms. The maximum atomic E-state index is 12.1. The maximum Gasteiger partial charge on any atom is 0.258 e. The Balaban J connectivity index is 1.93. The summed E-state index contributed by atoms with van der Waals surface area (Å²) in [5.41, 5.74) is 2.30. The van der Waals surface area contributed by atoms with Crippen LogP contribution in [0.5, 0.6) is 5.75 Å². The minimum atomic E-state index is -0.153. The van der Waals surface area contributed by atoms with Gasteiger partial charge in [-0.25, -0.2) is 0 Å². The second-order valence-electron chi connectivity index (χ2n) is 5.30. The van der Waals surface area contributed by atoms with Crippen molar-refractivity contribution in [2.45, 2.75) is 26.3 Å². The van der Waals surface area contributed by atoms with Gasteiger partial charge in [0.1, 0.15) is 5.75 Å². The SMILES string of the molecule is CCC(NC(=O)COc1ccc(Cl)cc1Br)c1ccc(C)cc1. The summed E-state index contributed by atoms with van der Waals surface area (Å²) in [6.07, 6.45) is 0.819. The highest BCUT2D eigenvalue weighted by Crippen LogP contribution is 2.28. The van der Waals surface area contributed by atoms with Crippen LogP contribution in [-0.2, 0) is 4.79 Å². The molecule has 3 nitrogen and oxygen atoms in total. The molecular weight excluding hydrogens is 378 g/mol. The zero-order chi connectivity index (χ0) is 16.8. The molecule has 0 aliphatic rings. The summed E-state index contributed by atoms with van der Waals surface area (Å²) in [5, 5.41) is 3.61. The van der Waals surface area contributed by atoms with Crippen LogP contribution < -0.4 is 10.1 Å². The summed E-state index contributed by atoms with van der Waals surface area (Å²) >= 11 is 9.25. The number of carbonyl (C=O) groups excluding carboxylic acids is 1. The van der Waals surface area contributed by atoms with Gasteiger partial charge in [0.05, 0.1) is 10.5 Å². The van der Waals surface area contributed by atoms with Gasteiger partial charge in [0.25, 0.3) is 5.91 Å². The number of hydrogen-bond acceptors (Lipinski definition) is 2. The van der Waals surface area contributed by atoms with E-state index in [2.05, 4.69) is 21.2 Å². The van der Waals surface area contributed by atoms with Crippen LogP contribution in [0, 0.1) is 6.92 Å². The van der Waals surface area contributed by atoms with Gasteiger partial charge in [-0.3, -0.25) is 4.79 Å². The normalized spacial score (nSPS) is 11.8. The predicted molar refractivity (Wildman–Crippen MR) is 97.0 cm³/mol. The summed E-state index contributed by atoms with van der Waals surface area (Å²) in [6.45, 7) is 4.05. The van der Waals surface area contributed by atoms with E-state index in [0.717, 1.165) is 16.5 Å². The first-order valence-electron chi connectivity index (χ1n) is 7.43. The summed E-state index contributed by atoms with van der Waals surface area (Å²) < 4.78 is 6.26. The smallest absolute Gasteiger partial charge is 0.258 e. The highest BCUT2D eigenvalue weighted by Gasteiger charge is 2.13. The second-order valence-corrected chi connectivity index (χ2v) is 6.59. The van der Waals surface area contributed by atoms with E-state index < -0.39 is 0 Å². The van der Waals surface area contributed by atoms with Crippen molar-refractivity contribution in [3.8, 4) is 5.75 Å². The number of halogens is 2. The Bertz CT molecular complexity index is 673. The Morgan fingerprint density at radius 2 is 1.96 bits per heavy atom. The monoisotopic (exact) mass is 395 g/mol. The molecule has 0 radical (unpaired) electrons. The Hall–Kier alpha value is -1.52. The number of benzene rings is 2. The molecule has 1 atom stereocenters. The van der Waals surface area contributed by atoms with E-state index in [-0.39, 0.29) is 18.6 Å². The molecule has 5 heteroatoms. The van der Waals surface area contributed by atoms with Gasteiger partial charge in [-0.15, -0.1) is 0 Å². The molecule has 1 unspecified atom stereocenters. The molecule has 2 aromatic carbocycles. The number of rotatable bonds is 6. The molecular formula is C18H19BrClNO2. The van der Waals surface area contributed by atoms with Crippen LogP contribution in [0.25, 0.3) is 0 Å². The van der Waals surface area contributed by atoms with Crippen molar-refractivity contribution < 1.29 is 9.53 Å². The van der Waals surface area contributed by atoms with Crippen molar-refractivity contribution in [2.75, 3.05) is 6.61 Å². The lowest BCUT2D eigenvalue weighted by Gasteiger charge is -2.18. The summed E-state index contributed by atoms with van der Waals surface area (Å²) in [6, 6.07) is 13.4. The zero-order valence-corrected chi connectivity index (χ0v) is 15.4. The number of carbonyl (C=O) groups is 1. The summed E-state index contributed by atoms with van der Waals surface area (Å²) in [4.78, 5) is 12.1. The molecule has 23 heavy (non-hydrogen) atoms. The molecule has 0 saturated heterocycles. The molecule has 2 rings (SSSR count). The molecule has 0 spiro atoms. The lowest BCUT2D eigenvalue weighted by molar-refractivity contribution is -0.123. The Labute approximate surface area is 150 Å². The average molecular weight is 397 g/mol. The van der Waals surface area contributed by atoms with Gasteiger partial charge in [-0.2, -0.15) is 0 Å². The van der Waals surface area contributed by atoms with Crippen molar-refractivity contribution in [3.63, 3.8) is 0 Å². The third-order valence-electron chi connectivity index (χ3n) is 3.48. The van der Waals surface area contributed by atoms with Gasteiger partial charge in [-0.1, -0.05) is 48.4 Å². The van der Waals surface area contributed by atoms with Gasteiger partial charge in [0, 0.05) is 5.02 Å². The fourth-order valence-electron chi connectivity index (χ4n) is 2.19. The molecule has 1 N–H and O–H groups in total. The third kappa shape index (κ3) is 5.26. The highest BCUT2D eigenvalue weighted by molar-refractivity contribution is 9.10. The van der Waals surface area contributed by atoms with Crippen LogP contribution in [-0.4, -0.2) is 12.5 Å². The van der Waals surface area contributed by atoms with E-state index in [1.807, 2.05) is 38.1 Å². The van der Waals surface area contributed by atoms with Crippen molar-refractivity contribution >= 4 is 33.4 Å². The highest BCUT2D eigenvalue weighted by atomic mass is 79.9. The first-order valence-corrected chi connectivity index (χ1v) is 8.60. The Kier molecular flexibility index (Phi) is 6.48. The first kappa shape index (κ1) is 17.8. The minimum absolute atomic E-state index is 0.0136. The van der Waals surface area contributed by atoms with Gasteiger partial charge in [0.2, 0.25) is 0 Å². The van der Waals surface area contributed by atoms with E-state index in [0.29, 0.717) is 10.8 Å². The standard InChI is InChI=1S/C18H19BrClNO2/c1-3-16(13-6-4-12(2)5-7-13)21-18(22)11-23-17-9-8-14(20)10-15(17)19/h4-10,16H,3,11H2,1-2H3,(H,21,22). The van der Waals surface area contributed by atoms with Crippen LogP contribution in [0.15, 0.2) is 46.9 Å². The number of aryl methyl sites for hydroxylation is 1. The lowest BCUT2D eigenvalue weighted by atomic mass is 10.0. The van der Waals surface area contributed by atoms with Crippen molar-refractivity contribution in [2.24, 2.45) is 0 Å². The van der Waals surface area contributed by atoms with Crippen molar-refractivity contribution in [1.29, 1.82) is 0 Å². The van der Waals surface area contributed by atoms with E-state index in [1.165, 1.54) is 5.56 Å². The predicted octanol–water partition coefficient (Wildman–Crippen LogP) is 5.06. The molecule has 122 valence electrons. The van der Waals surface area contributed by atoms with Crippen LogP contribution in [0.1, 0.15) is 30.5 Å². The fraction of sp³-hybridized carbons (Fsp3) is 0.278. The molecule has 1 amide bonds. The van der Waals surface area contributed by atoms with Crippen LogP contribution >= 0.6 is 27.5 Å². The molecule has 0 heterocycles. The molecule has 2 aromatic rings. The summed E-state index contributed by atoms with van der Waals surface area (Å²) in [5.74, 6) is 0.437. The van der Waals surface area contributed by atoms with Crippen LogP contribution in [0.2, 0.25) is 5.02 Å². The molecule has 0 saturated carbocycles. The van der Waals surface area contributed by atoms with Crippen LogP contribution in [0.4, 0.5) is 0 Å². The van der Waals surface area contributed by atoms with Gasteiger partial charge < -0.3 is 10.1 Å². The zero-order valence-electron chi connectivity index (χ0n) is 13.1. The molecule has 0 aliphatic carbocycles. The van der Waals surface area contributed by atoms with Crippen LogP contribution in [0.3, 0.4) is 0 Å². The average Bonchev–Trinajstić information content (AvgIpc) is 2.52. The number of hydrogen-bond donors (Lipinski definition) is 1.